The molecule has 1 saturated heterocycles. The van der Waals surface area contributed by atoms with Gasteiger partial charge in [-0.1, -0.05) is 48.5 Å². The smallest absolute Gasteiger partial charge is 0.409 e. The molecule has 0 saturated carbocycles. The third-order valence-corrected chi connectivity index (χ3v) is 8.63. The van der Waals surface area contributed by atoms with E-state index in [1.807, 2.05) is 52.9 Å². The van der Waals surface area contributed by atoms with Crippen LogP contribution in [0.1, 0.15) is 28.2 Å². The second-order valence-electron chi connectivity index (χ2n) is 9.19. The molecule has 188 valence electrons. The van der Waals surface area contributed by atoms with Gasteiger partial charge >= 0.3 is 16.3 Å². The van der Waals surface area contributed by atoms with Gasteiger partial charge in [-0.15, -0.1) is 3.89 Å². The Morgan fingerprint density at radius 2 is 1.58 bits per heavy atom. The summed E-state index contributed by atoms with van der Waals surface area (Å²) in [6, 6.07) is 19.7. The number of hydrogen-bond donors (Lipinski definition) is 0. The summed E-state index contributed by atoms with van der Waals surface area (Å²) in [6.45, 7) is 4.66. The highest BCUT2D eigenvalue weighted by atomic mass is 127. The molecule has 5 rings (SSSR count). The van der Waals surface area contributed by atoms with E-state index in [2.05, 4.69) is 29.2 Å². The lowest BCUT2D eigenvalue weighted by atomic mass is 9.98. The SMILES string of the molecule is Cc1c(CN2CCN(C(=O)OCC3c4ccccc4-c4ccccc43)CC2)cc(I)cc1S(=O)(=O)F. The van der Waals surface area contributed by atoms with Crippen molar-refractivity contribution in [3.05, 3.63) is 86.5 Å². The van der Waals surface area contributed by atoms with E-state index >= 15 is 0 Å². The first kappa shape index (κ1) is 25.2. The van der Waals surface area contributed by atoms with Gasteiger partial charge in [0.2, 0.25) is 0 Å². The molecular formula is C27H26FIN2O4S. The van der Waals surface area contributed by atoms with Crippen molar-refractivity contribution < 1.29 is 21.8 Å². The van der Waals surface area contributed by atoms with Crippen molar-refractivity contribution in [3.63, 3.8) is 0 Å². The van der Waals surface area contributed by atoms with Crippen LogP contribution >= 0.6 is 22.6 Å². The van der Waals surface area contributed by atoms with Gasteiger partial charge in [-0.25, -0.2) is 4.79 Å². The molecule has 0 N–H and O–H groups in total. The minimum Gasteiger partial charge on any atom is -0.448 e. The van der Waals surface area contributed by atoms with E-state index in [1.54, 1.807) is 11.8 Å². The van der Waals surface area contributed by atoms with Crippen molar-refractivity contribution in [3.8, 4) is 11.1 Å². The summed E-state index contributed by atoms with van der Waals surface area (Å²) in [5.74, 6) is 0.0205. The largest absolute Gasteiger partial charge is 0.448 e. The van der Waals surface area contributed by atoms with Crippen LogP contribution in [0.15, 0.2) is 65.6 Å². The number of hydrogen-bond acceptors (Lipinski definition) is 5. The van der Waals surface area contributed by atoms with Crippen molar-refractivity contribution >= 4 is 38.9 Å². The predicted molar refractivity (Wildman–Crippen MR) is 144 cm³/mol. The molecular weight excluding hydrogens is 594 g/mol. The highest BCUT2D eigenvalue weighted by Crippen LogP contribution is 2.44. The van der Waals surface area contributed by atoms with E-state index in [4.69, 9.17) is 4.74 Å². The Balaban J connectivity index is 1.19. The van der Waals surface area contributed by atoms with E-state index < -0.39 is 10.2 Å². The molecule has 1 heterocycles. The third kappa shape index (κ3) is 5.01. The van der Waals surface area contributed by atoms with Crippen LogP contribution in [0, 0.1) is 10.5 Å². The van der Waals surface area contributed by atoms with Crippen LogP contribution in [0.25, 0.3) is 11.1 Å². The van der Waals surface area contributed by atoms with Gasteiger partial charge in [0.05, 0.1) is 0 Å². The van der Waals surface area contributed by atoms with Gasteiger partial charge < -0.3 is 9.64 Å². The molecule has 0 spiro atoms. The van der Waals surface area contributed by atoms with Crippen molar-refractivity contribution in [1.82, 2.24) is 9.80 Å². The van der Waals surface area contributed by atoms with Gasteiger partial charge in [0.1, 0.15) is 11.5 Å². The summed E-state index contributed by atoms with van der Waals surface area (Å²) in [5, 5.41) is 0. The maximum atomic E-state index is 13.7. The lowest BCUT2D eigenvalue weighted by Gasteiger charge is -2.34. The van der Waals surface area contributed by atoms with Crippen LogP contribution < -0.4 is 0 Å². The second kappa shape index (κ2) is 10.1. The number of rotatable bonds is 5. The van der Waals surface area contributed by atoms with Gasteiger partial charge in [-0.2, -0.15) is 8.42 Å². The Morgan fingerprint density at radius 3 is 2.17 bits per heavy atom. The number of benzene rings is 3. The van der Waals surface area contributed by atoms with Crippen LogP contribution in [0.4, 0.5) is 8.68 Å². The summed E-state index contributed by atoms with van der Waals surface area (Å²) in [5.41, 5.74) is 5.94. The Hall–Kier alpha value is -2.50. The number of ether oxygens (including phenoxy) is 1. The van der Waals surface area contributed by atoms with Gasteiger partial charge in [-0.3, -0.25) is 4.90 Å². The summed E-state index contributed by atoms with van der Waals surface area (Å²) < 4.78 is 43.2. The van der Waals surface area contributed by atoms with E-state index in [0.29, 0.717) is 41.9 Å². The second-order valence-corrected chi connectivity index (χ2v) is 11.8. The van der Waals surface area contributed by atoms with Crippen molar-refractivity contribution in [2.75, 3.05) is 32.8 Å². The number of halogens is 2. The summed E-state index contributed by atoms with van der Waals surface area (Å²) >= 11 is 2.00. The van der Waals surface area contributed by atoms with E-state index in [1.165, 1.54) is 28.3 Å². The van der Waals surface area contributed by atoms with E-state index in [9.17, 15) is 17.1 Å². The molecule has 0 atom stereocenters. The fourth-order valence-corrected chi connectivity index (χ4v) is 6.80. The van der Waals surface area contributed by atoms with Gasteiger partial charge in [0, 0.05) is 42.2 Å². The van der Waals surface area contributed by atoms with Crippen LogP contribution in [0.2, 0.25) is 0 Å². The molecule has 0 unspecified atom stereocenters. The van der Waals surface area contributed by atoms with Gasteiger partial charge in [-0.05, 0) is 75.0 Å². The van der Waals surface area contributed by atoms with Crippen molar-refractivity contribution in [1.29, 1.82) is 0 Å². The number of fused-ring (bicyclic) bond motifs is 3. The molecule has 1 fully saturated rings. The molecule has 3 aromatic rings. The third-order valence-electron chi connectivity index (χ3n) is 7.06. The molecule has 2 aliphatic rings. The van der Waals surface area contributed by atoms with Crippen LogP contribution in [0.5, 0.6) is 0 Å². The normalized spacial score (nSPS) is 16.0. The zero-order valence-electron chi connectivity index (χ0n) is 19.8. The zero-order chi connectivity index (χ0) is 25.4. The Kier molecular flexibility index (Phi) is 7.06. The number of piperazine rings is 1. The highest BCUT2D eigenvalue weighted by Gasteiger charge is 2.30. The molecule has 0 bridgehead atoms. The number of amides is 1. The van der Waals surface area contributed by atoms with Crippen LogP contribution in [0.3, 0.4) is 0 Å². The maximum absolute atomic E-state index is 13.7. The Labute approximate surface area is 224 Å². The minimum absolute atomic E-state index is 0.0205. The zero-order valence-corrected chi connectivity index (χ0v) is 22.8. The Morgan fingerprint density at radius 1 is 1.00 bits per heavy atom. The fraction of sp³-hybridized carbons (Fsp3) is 0.296. The topological polar surface area (TPSA) is 66.9 Å². The monoisotopic (exact) mass is 620 g/mol. The summed E-state index contributed by atoms with van der Waals surface area (Å²) in [6.07, 6.45) is -0.326. The average molecular weight is 620 g/mol. The molecule has 0 radical (unpaired) electrons. The molecule has 6 nitrogen and oxygen atoms in total. The van der Waals surface area contributed by atoms with Gasteiger partial charge in [0.15, 0.2) is 0 Å². The average Bonchev–Trinajstić information content (AvgIpc) is 3.18. The van der Waals surface area contributed by atoms with E-state index in [0.717, 1.165) is 5.56 Å². The fourth-order valence-electron chi connectivity index (χ4n) is 5.14. The number of carbonyl (C=O) groups is 1. The van der Waals surface area contributed by atoms with E-state index in [-0.39, 0.29) is 23.5 Å². The molecule has 1 aliphatic carbocycles. The molecule has 1 amide bonds. The standard InChI is InChI=1S/C27H26FIN2O4S/c1-18-19(14-20(29)15-26(18)36(28,33)34)16-30-10-12-31(13-11-30)27(32)35-17-25-23-8-4-2-6-21(23)22-7-3-5-9-24(22)25/h2-9,14-15,25H,10-13,16-17H2,1H3. The summed E-state index contributed by atoms with van der Waals surface area (Å²) in [7, 11) is -4.78. The summed E-state index contributed by atoms with van der Waals surface area (Å²) in [4.78, 5) is 16.4. The number of carbonyl (C=O) groups excluding carboxylic acids is 1. The molecule has 1 aliphatic heterocycles. The van der Waals surface area contributed by atoms with Crippen LogP contribution in [-0.4, -0.2) is 57.1 Å². The molecule has 0 aromatic heterocycles. The Bertz CT molecular complexity index is 1380. The van der Waals surface area contributed by atoms with Gasteiger partial charge in [0.25, 0.3) is 0 Å². The van der Waals surface area contributed by atoms with Crippen LogP contribution in [-0.2, 0) is 21.5 Å². The highest BCUT2D eigenvalue weighted by molar-refractivity contribution is 14.1. The lowest BCUT2D eigenvalue weighted by molar-refractivity contribution is 0.0728. The quantitative estimate of drug-likeness (QED) is 0.285. The molecule has 3 aromatic carbocycles. The lowest BCUT2D eigenvalue weighted by Crippen LogP contribution is -2.48. The molecule has 9 heteroatoms. The minimum atomic E-state index is -4.78. The first-order chi connectivity index (χ1) is 17.2. The maximum Gasteiger partial charge on any atom is 0.409 e. The first-order valence-corrected chi connectivity index (χ1v) is 14.2. The van der Waals surface area contributed by atoms with Crippen molar-refractivity contribution in [2.24, 2.45) is 0 Å². The van der Waals surface area contributed by atoms with Crippen molar-refractivity contribution in [2.45, 2.75) is 24.3 Å². The number of nitrogens with zero attached hydrogens (tertiary/aromatic N) is 2. The molecule has 36 heavy (non-hydrogen) atoms. The first-order valence-electron chi connectivity index (χ1n) is 11.8. The predicted octanol–water partition coefficient (Wildman–Crippen LogP) is 5.32.